The molecule has 3 nitrogen and oxygen atoms in total. The van der Waals surface area contributed by atoms with E-state index in [-0.39, 0.29) is 0 Å². The Kier molecular flexibility index (Phi) is 4.51. The lowest BCUT2D eigenvalue weighted by molar-refractivity contribution is 0.133. The largest absolute Gasteiger partial charge is 0.296 e. The van der Waals surface area contributed by atoms with Gasteiger partial charge in [0, 0.05) is 6.04 Å². The van der Waals surface area contributed by atoms with Gasteiger partial charge in [-0.3, -0.25) is 4.90 Å². The highest BCUT2D eigenvalue weighted by Crippen LogP contribution is 2.28. The van der Waals surface area contributed by atoms with Crippen LogP contribution in [0, 0.1) is 5.92 Å². The molecule has 1 heterocycles. The minimum absolute atomic E-state index is 0.734. The van der Waals surface area contributed by atoms with Crippen LogP contribution in [0.1, 0.15) is 49.5 Å². The Morgan fingerprint density at radius 3 is 2.59 bits per heavy atom. The van der Waals surface area contributed by atoms with Crippen molar-refractivity contribution in [3.05, 3.63) is 10.0 Å². The summed E-state index contributed by atoms with van der Waals surface area (Å²) in [7, 11) is 2.24. The smallest absolute Gasteiger partial charge is 0.131 e. The molecule has 0 bridgehead atoms. The van der Waals surface area contributed by atoms with Gasteiger partial charge in [0.25, 0.3) is 0 Å². The first-order chi connectivity index (χ1) is 8.20. The van der Waals surface area contributed by atoms with Crippen molar-refractivity contribution in [2.45, 2.75) is 58.5 Å². The van der Waals surface area contributed by atoms with Gasteiger partial charge in [-0.05, 0) is 32.2 Å². The molecule has 0 radical (unpaired) electrons. The van der Waals surface area contributed by atoms with Crippen LogP contribution in [0.3, 0.4) is 0 Å². The lowest BCUT2D eigenvalue weighted by Gasteiger charge is -2.35. The van der Waals surface area contributed by atoms with Crippen LogP contribution in [0.15, 0.2) is 0 Å². The molecular weight excluding hydrogens is 230 g/mol. The average Bonchev–Trinajstić information content (AvgIpc) is 2.77. The Hall–Kier alpha value is -0.480. The monoisotopic (exact) mass is 253 g/mol. The minimum Gasteiger partial charge on any atom is -0.296 e. The van der Waals surface area contributed by atoms with Crippen LogP contribution in [-0.4, -0.2) is 28.2 Å². The molecule has 17 heavy (non-hydrogen) atoms. The Morgan fingerprint density at radius 1 is 1.24 bits per heavy atom. The van der Waals surface area contributed by atoms with E-state index in [4.69, 9.17) is 0 Å². The maximum Gasteiger partial charge on any atom is 0.131 e. The van der Waals surface area contributed by atoms with Crippen molar-refractivity contribution in [1.29, 1.82) is 0 Å². The minimum atomic E-state index is 0.734. The van der Waals surface area contributed by atoms with Gasteiger partial charge in [0.15, 0.2) is 0 Å². The molecule has 1 aliphatic rings. The Labute approximate surface area is 108 Å². The summed E-state index contributed by atoms with van der Waals surface area (Å²) in [5, 5.41) is 10.8. The third-order valence-corrected chi connectivity index (χ3v) is 4.88. The number of hydrogen-bond donors (Lipinski definition) is 0. The summed E-state index contributed by atoms with van der Waals surface area (Å²) in [5.74, 6) is 0.826. The summed E-state index contributed by atoms with van der Waals surface area (Å²) in [5.41, 5.74) is 0. The predicted molar refractivity (Wildman–Crippen MR) is 72.2 cm³/mol. The van der Waals surface area contributed by atoms with Crippen molar-refractivity contribution in [3.63, 3.8) is 0 Å². The highest BCUT2D eigenvalue weighted by molar-refractivity contribution is 7.11. The molecule has 0 N–H and O–H groups in total. The van der Waals surface area contributed by atoms with Crippen LogP contribution >= 0.6 is 11.3 Å². The molecule has 0 spiro atoms. The van der Waals surface area contributed by atoms with Crippen molar-refractivity contribution in [2.24, 2.45) is 5.92 Å². The van der Waals surface area contributed by atoms with Crippen LogP contribution in [0.2, 0.25) is 0 Å². The van der Waals surface area contributed by atoms with E-state index in [1.54, 1.807) is 11.3 Å². The summed E-state index contributed by atoms with van der Waals surface area (Å²) in [6.45, 7) is 5.49. The van der Waals surface area contributed by atoms with Crippen molar-refractivity contribution >= 4 is 11.3 Å². The highest BCUT2D eigenvalue weighted by atomic mass is 32.1. The molecule has 4 heteroatoms. The summed E-state index contributed by atoms with van der Waals surface area (Å²) < 4.78 is 0. The zero-order valence-electron chi connectivity index (χ0n) is 11.1. The number of aromatic nitrogens is 2. The first kappa shape index (κ1) is 13.0. The van der Waals surface area contributed by atoms with Crippen LogP contribution in [-0.2, 0) is 13.0 Å². The molecule has 0 amide bonds. The van der Waals surface area contributed by atoms with Crippen LogP contribution in [0.25, 0.3) is 0 Å². The maximum absolute atomic E-state index is 4.27. The summed E-state index contributed by atoms with van der Waals surface area (Å²) >= 11 is 1.76. The highest BCUT2D eigenvalue weighted by Gasteiger charge is 2.25. The molecule has 1 aromatic rings. The van der Waals surface area contributed by atoms with Crippen molar-refractivity contribution in [3.8, 4) is 0 Å². The first-order valence-corrected chi connectivity index (χ1v) is 7.53. The van der Waals surface area contributed by atoms with Gasteiger partial charge in [-0.15, -0.1) is 21.5 Å². The van der Waals surface area contributed by atoms with E-state index in [2.05, 4.69) is 36.0 Å². The predicted octanol–water partition coefficient (Wildman–Crippen LogP) is 3.11. The molecule has 1 aromatic heterocycles. The topological polar surface area (TPSA) is 29.0 Å². The number of aryl methyl sites for hydroxylation is 1. The molecule has 2 atom stereocenters. The van der Waals surface area contributed by atoms with Crippen LogP contribution < -0.4 is 0 Å². The molecule has 2 unspecified atom stereocenters. The first-order valence-electron chi connectivity index (χ1n) is 6.72. The molecule has 2 rings (SSSR count). The molecule has 96 valence electrons. The third kappa shape index (κ3) is 3.26. The van der Waals surface area contributed by atoms with Gasteiger partial charge in [0.05, 0.1) is 6.54 Å². The fourth-order valence-corrected chi connectivity index (χ4v) is 3.63. The second-order valence-electron chi connectivity index (χ2n) is 5.19. The van der Waals surface area contributed by atoms with E-state index in [1.807, 2.05) is 0 Å². The van der Waals surface area contributed by atoms with E-state index < -0.39 is 0 Å². The van der Waals surface area contributed by atoms with E-state index in [0.29, 0.717) is 0 Å². The summed E-state index contributed by atoms with van der Waals surface area (Å²) in [6, 6.07) is 0.734. The molecule has 1 fully saturated rings. The van der Waals surface area contributed by atoms with Crippen molar-refractivity contribution < 1.29 is 0 Å². The molecule has 0 aromatic carbocycles. The van der Waals surface area contributed by atoms with Gasteiger partial charge in [-0.1, -0.05) is 26.7 Å². The van der Waals surface area contributed by atoms with Gasteiger partial charge in [0.1, 0.15) is 10.0 Å². The van der Waals surface area contributed by atoms with Crippen molar-refractivity contribution in [1.82, 2.24) is 15.1 Å². The van der Waals surface area contributed by atoms with Gasteiger partial charge in [-0.2, -0.15) is 0 Å². The lowest BCUT2D eigenvalue weighted by atomic mass is 9.85. The molecule has 0 aliphatic heterocycles. The fraction of sp³-hybridized carbons (Fsp3) is 0.846. The number of hydrogen-bond acceptors (Lipinski definition) is 4. The normalized spacial score (nSPS) is 25.4. The third-order valence-electron chi connectivity index (χ3n) is 3.83. The SMILES string of the molecule is CCc1nnc(CN(C)C2CCCCC2C)s1. The summed E-state index contributed by atoms with van der Waals surface area (Å²) in [6.07, 6.45) is 6.52. The van der Waals surface area contributed by atoms with Crippen LogP contribution in [0.4, 0.5) is 0 Å². The van der Waals surface area contributed by atoms with Gasteiger partial charge in [-0.25, -0.2) is 0 Å². The lowest BCUT2D eigenvalue weighted by Crippen LogP contribution is -2.38. The standard InChI is InChI=1S/C13H23N3S/c1-4-12-14-15-13(17-12)9-16(3)11-8-6-5-7-10(11)2/h10-11H,4-9H2,1-3H3. The zero-order valence-corrected chi connectivity index (χ0v) is 12.0. The Bertz CT molecular complexity index is 350. The van der Waals surface area contributed by atoms with Crippen LogP contribution in [0.5, 0.6) is 0 Å². The zero-order chi connectivity index (χ0) is 12.3. The Morgan fingerprint density at radius 2 is 1.94 bits per heavy atom. The number of nitrogens with zero attached hydrogens (tertiary/aromatic N) is 3. The molecule has 1 aliphatic carbocycles. The van der Waals surface area contributed by atoms with Gasteiger partial charge < -0.3 is 0 Å². The maximum atomic E-state index is 4.27. The van der Waals surface area contributed by atoms with E-state index in [1.165, 1.54) is 30.7 Å². The quantitative estimate of drug-likeness (QED) is 0.825. The molecular formula is C13H23N3S. The van der Waals surface area contributed by atoms with Gasteiger partial charge in [0.2, 0.25) is 0 Å². The van der Waals surface area contributed by atoms with Gasteiger partial charge >= 0.3 is 0 Å². The van der Waals surface area contributed by atoms with E-state index in [9.17, 15) is 0 Å². The summed E-state index contributed by atoms with van der Waals surface area (Å²) in [4.78, 5) is 2.48. The van der Waals surface area contributed by atoms with E-state index in [0.717, 1.165) is 29.9 Å². The molecule has 0 saturated heterocycles. The molecule has 1 saturated carbocycles. The second-order valence-corrected chi connectivity index (χ2v) is 6.33. The Balaban J connectivity index is 1.93. The van der Waals surface area contributed by atoms with Crippen molar-refractivity contribution in [2.75, 3.05) is 7.05 Å². The second kappa shape index (κ2) is 5.91. The van der Waals surface area contributed by atoms with E-state index >= 15 is 0 Å². The fourth-order valence-electron chi connectivity index (χ4n) is 2.78. The number of rotatable bonds is 4. The average molecular weight is 253 g/mol.